The highest BCUT2D eigenvalue weighted by molar-refractivity contribution is 7.89. The molecule has 0 amide bonds. The summed E-state index contributed by atoms with van der Waals surface area (Å²) in [7, 11) is 1.87. The van der Waals surface area contributed by atoms with Gasteiger partial charge in [0.15, 0.2) is 0 Å². The van der Waals surface area contributed by atoms with E-state index in [9.17, 15) is 8.42 Å². The van der Waals surface area contributed by atoms with Crippen LogP contribution in [0.4, 0.5) is 0 Å². The van der Waals surface area contributed by atoms with Gasteiger partial charge in [-0.1, -0.05) is 18.0 Å². The van der Waals surface area contributed by atoms with Crippen molar-refractivity contribution in [3.05, 3.63) is 23.2 Å². The van der Waals surface area contributed by atoms with E-state index in [4.69, 9.17) is 16.3 Å². The normalized spacial score (nSPS) is 22.7. The van der Waals surface area contributed by atoms with Gasteiger partial charge in [0.2, 0.25) is 10.0 Å². The van der Waals surface area contributed by atoms with Crippen LogP contribution in [0.15, 0.2) is 23.1 Å². The number of ether oxygens (including phenoxy) is 1. The molecule has 1 aliphatic carbocycles. The van der Waals surface area contributed by atoms with Crippen LogP contribution in [0, 0.1) is 0 Å². The zero-order valence-corrected chi connectivity index (χ0v) is 14.0. The zero-order chi connectivity index (χ0) is 15.6. The van der Waals surface area contributed by atoms with Crippen molar-refractivity contribution in [3.8, 4) is 5.75 Å². The van der Waals surface area contributed by atoms with Crippen LogP contribution in [0.5, 0.6) is 5.75 Å². The van der Waals surface area contributed by atoms with Gasteiger partial charge in [-0.3, -0.25) is 0 Å². The number of likely N-dealkylation sites (N-methyl/N-ethyl adjacent to an activating group) is 1. The number of benzene rings is 1. The van der Waals surface area contributed by atoms with Crippen molar-refractivity contribution in [2.75, 3.05) is 21.2 Å². The molecule has 7 heteroatoms. The first-order valence-electron chi connectivity index (χ1n) is 6.87. The third kappa shape index (κ3) is 3.69. The Labute approximate surface area is 131 Å². The molecule has 1 aromatic carbocycles. The molecular formula is C14H21ClN2O3S. The third-order valence-electron chi connectivity index (χ3n) is 3.88. The zero-order valence-electron chi connectivity index (χ0n) is 12.5. The minimum atomic E-state index is -3.57. The molecule has 1 aromatic rings. The molecule has 118 valence electrons. The molecule has 2 rings (SSSR count). The third-order valence-corrected chi connectivity index (χ3v) is 5.67. The summed E-state index contributed by atoms with van der Waals surface area (Å²) >= 11 is 6.01. The van der Waals surface area contributed by atoms with Gasteiger partial charge < -0.3 is 9.64 Å². The molecule has 2 atom stereocenters. The number of methoxy groups -OCH3 is 1. The monoisotopic (exact) mass is 332 g/mol. The lowest BCUT2D eigenvalue weighted by Gasteiger charge is -2.26. The highest BCUT2D eigenvalue weighted by Crippen LogP contribution is 2.28. The Morgan fingerprint density at radius 3 is 2.62 bits per heavy atom. The second-order valence-electron chi connectivity index (χ2n) is 5.49. The molecular weight excluding hydrogens is 312 g/mol. The summed E-state index contributed by atoms with van der Waals surface area (Å²) in [6.45, 7) is 0. The van der Waals surface area contributed by atoms with Crippen LogP contribution in [0.25, 0.3) is 0 Å². The number of nitrogens with zero attached hydrogens (tertiary/aromatic N) is 1. The SMILES string of the molecule is COc1ccc(S(=O)(=O)N[C@@H]2CCC[C@H]2N(C)C)cc1Cl. The van der Waals surface area contributed by atoms with Crippen molar-refractivity contribution in [2.24, 2.45) is 0 Å². The maximum atomic E-state index is 12.5. The van der Waals surface area contributed by atoms with Gasteiger partial charge in [-0.15, -0.1) is 0 Å². The summed E-state index contributed by atoms with van der Waals surface area (Å²) in [6, 6.07) is 4.66. The molecule has 1 aliphatic rings. The van der Waals surface area contributed by atoms with Crippen molar-refractivity contribution >= 4 is 21.6 Å². The fourth-order valence-electron chi connectivity index (χ4n) is 2.78. The largest absolute Gasteiger partial charge is 0.495 e. The van der Waals surface area contributed by atoms with Gasteiger partial charge in [0.1, 0.15) is 5.75 Å². The van der Waals surface area contributed by atoms with Crippen LogP contribution in [-0.2, 0) is 10.0 Å². The summed E-state index contributed by atoms with van der Waals surface area (Å²) in [4.78, 5) is 2.24. The van der Waals surface area contributed by atoms with Crippen LogP contribution < -0.4 is 9.46 Å². The summed E-state index contributed by atoms with van der Waals surface area (Å²) < 4.78 is 32.8. The van der Waals surface area contributed by atoms with Crippen molar-refractivity contribution in [2.45, 2.75) is 36.2 Å². The summed E-state index contributed by atoms with van der Waals surface area (Å²) in [5, 5.41) is 0.288. The smallest absolute Gasteiger partial charge is 0.240 e. The second kappa shape index (κ2) is 6.52. The summed E-state index contributed by atoms with van der Waals surface area (Å²) in [5.41, 5.74) is 0. The predicted octanol–water partition coefficient (Wildman–Crippen LogP) is 2.11. The quantitative estimate of drug-likeness (QED) is 0.897. The lowest BCUT2D eigenvalue weighted by atomic mass is 10.2. The van der Waals surface area contributed by atoms with Crippen molar-refractivity contribution in [1.29, 1.82) is 0 Å². The average Bonchev–Trinajstić information content (AvgIpc) is 2.86. The van der Waals surface area contributed by atoms with E-state index in [1.54, 1.807) is 6.07 Å². The molecule has 0 aliphatic heterocycles. The number of halogens is 1. The maximum Gasteiger partial charge on any atom is 0.240 e. The van der Waals surface area contributed by atoms with Crippen LogP contribution in [0.1, 0.15) is 19.3 Å². The molecule has 0 aromatic heterocycles. The van der Waals surface area contributed by atoms with Gasteiger partial charge in [0, 0.05) is 12.1 Å². The van der Waals surface area contributed by atoms with Gasteiger partial charge in [-0.05, 0) is 45.1 Å². The Hall–Kier alpha value is -0.820. The van der Waals surface area contributed by atoms with Crippen molar-refractivity contribution in [3.63, 3.8) is 0 Å². The van der Waals surface area contributed by atoms with Gasteiger partial charge in [-0.25, -0.2) is 13.1 Å². The lowest BCUT2D eigenvalue weighted by molar-refractivity contribution is 0.267. The molecule has 1 saturated carbocycles. The predicted molar refractivity (Wildman–Crippen MR) is 83.4 cm³/mol. The van der Waals surface area contributed by atoms with Crippen LogP contribution >= 0.6 is 11.6 Å². The minimum Gasteiger partial charge on any atom is -0.495 e. The number of rotatable bonds is 5. The van der Waals surface area contributed by atoms with E-state index in [0.29, 0.717) is 5.75 Å². The lowest BCUT2D eigenvalue weighted by Crippen LogP contribution is -2.45. The second-order valence-corrected chi connectivity index (χ2v) is 7.61. The van der Waals surface area contributed by atoms with Gasteiger partial charge in [-0.2, -0.15) is 0 Å². The van der Waals surface area contributed by atoms with Gasteiger partial charge in [0.05, 0.1) is 17.0 Å². The van der Waals surface area contributed by atoms with E-state index in [-0.39, 0.29) is 22.0 Å². The Bertz CT molecular complexity index is 604. The maximum absolute atomic E-state index is 12.5. The number of sulfonamides is 1. The first-order chi connectivity index (χ1) is 9.85. The molecule has 0 spiro atoms. The van der Waals surface area contributed by atoms with E-state index in [1.165, 1.54) is 19.2 Å². The summed E-state index contributed by atoms with van der Waals surface area (Å²) in [5.74, 6) is 0.461. The molecule has 0 saturated heterocycles. The van der Waals surface area contributed by atoms with Crippen LogP contribution in [-0.4, -0.2) is 46.6 Å². The van der Waals surface area contributed by atoms with E-state index < -0.39 is 10.0 Å². The highest BCUT2D eigenvalue weighted by Gasteiger charge is 2.32. The first-order valence-corrected chi connectivity index (χ1v) is 8.73. The van der Waals surface area contributed by atoms with E-state index >= 15 is 0 Å². The Balaban J connectivity index is 2.20. The van der Waals surface area contributed by atoms with Crippen LogP contribution in [0.2, 0.25) is 5.02 Å². The molecule has 21 heavy (non-hydrogen) atoms. The highest BCUT2D eigenvalue weighted by atomic mass is 35.5. The standard InChI is InChI=1S/C14H21ClN2O3S/c1-17(2)13-6-4-5-12(13)16-21(18,19)10-7-8-14(20-3)11(15)9-10/h7-9,12-13,16H,4-6H2,1-3H3/t12-,13-/m1/s1. The molecule has 0 unspecified atom stereocenters. The molecule has 0 radical (unpaired) electrons. The van der Waals surface area contributed by atoms with Crippen molar-refractivity contribution in [1.82, 2.24) is 9.62 Å². The topological polar surface area (TPSA) is 58.6 Å². The first kappa shape index (κ1) is 16.5. The number of nitrogens with one attached hydrogen (secondary N) is 1. The van der Waals surface area contributed by atoms with E-state index in [2.05, 4.69) is 9.62 Å². The van der Waals surface area contributed by atoms with Gasteiger partial charge in [0.25, 0.3) is 0 Å². The fraction of sp³-hybridized carbons (Fsp3) is 0.571. The van der Waals surface area contributed by atoms with Crippen LogP contribution in [0.3, 0.4) is 0 Å². The van der Waals surface area contributed by atoms with E-state index in [0.717, 1.165) is 19.3 Å². The molecule has 1 N–H and O–H groups in total. The molecule has 5 nitrogen and oxygen atoms in total. The molecule has 0 bridgehead atoms. The molecule has 1 fully saturated rings. The Kier molecular flexibility index (Phi) is 5.14. The average molecular weight is 333 g/mol. The van der Waals surface area contributed by atoms with Crippen molar-refractivity contribution < 1.29 is 13.2 Å². The molecule has 0 heterocycles. The Morgan fingerprint density at radius 1 is 1.33 bits per heavy atom. The van der Waals surface area contributed by atoms with E-state index in [1.807, 2.05) is 14.1 Å². The summed E-state index contributed by atoms with van der Waals surface area (Å²) in [6.07, 6.45) is 2.88. The minimum absolute atomic E-state index is 0.0640. The number of hydrogen-bond acceptors (Lipinski definition) is 4. The number of hydrogen-bond donors (Lipinski definition) is 1. The van der Waals surface area contributed by atoms with Gasteiger partial charge >= 0.3 is 0 Å². The Morgan fingerprint density at radius 2 is 2.05 bits per heavy atom. The fourth-order valence-corrected chi connectivity index (χ4v) is 4.43.